The highest BCUT2D eigenvalue weighted by molar-refractivity contribution is 5.84. The minimum absolute atomic E-state index is 0.0982. The number of hydrogen-bond acceptors (Lipinski definition) is 1. The van der Waals surface area contributed by atoms with Gasteiger partial charge in [0.15, 0.2) is 0 Å². The number of aliphatic hydroxyl groups is 1. The first-order chi connectivity index (χ1) is 14.7. The minimum atomic E-state index is -0.424. The Kier molecular flexibility index (Phi) is 3.63. The molecular weight excluding hydrogens is 364 g/mol. The Balaban J connectivity index is 1.62. The second-order valence-electron chi connectivity index (χ2n) is 8.93. The topological polar surface area (TPSA) is 20.2 Å². The van der Waals surface area contributed by atoms with Gasteiger partial charge in [0.25, 0.3) is 0 Å². The molecule has 0 amide bonds. The molecule has 2 aliphatic carbocycles. The van der Waals surface area contributed by atoms with Crippen LogP contribution >= 0.6 is 0 Å². The third-order valence-corrected chi connectivity index (χ3v) is 7.43. The first-order valence-electron chi connectivity index (χ1n) is 10.7. The van der Waals surface area contributed by atoms with Gasteiger partial charge in [-0.1, -0.05) is 104 Å². The Labute approximate surface area is 177 Å². The molecule has 30 heavy (non-hydrogen) atoms. The van der Waals surface area contributed by atoms with Crippen LogP contribution in [0.5, 0.6) is 0 Å². The van der Waals surface area contributed by atoms with E-state index in [1.165, 1.54) is 44.5 Å². The summed E-state index contributed by atoms with van der Waals surface area (Å²) in [6.07, 6.45) is 0.832. The first kappa shape index (κ1) is 17.7. The Morgan fingerprint density at radius 2 is 0.867 bits per heavy atom. The fourth-order valence-corrected chi connectivity index (χ4v) is 6.17. The van der Waals surface area contributed by atoms with Crippen molar-refractivity contribution >= 4 is 0 Å². The van der Waals surface area contributed by atoms with E-state index < -0.39 is 5.41 Å². The van der Waals surface area contributed by atoms with Gasteiger partial charge < -0.3 is 5.11 Å². The summed E-state index contributed by atoms with van der Waals surface area (Å²) in [6.45, 7) is 2.46. The van der Waals surface area contributed by atoms with Gasteiger partial charge in [0, 0.05) is 10.8 Å². The van der Waals surface area contributed by atoms with E-state index in [9.17, 15) is 5.11 Å². The summed E-state index contributed by atoms with van der Waals surface area (Å²) in [5.74, 6) is 0. The molecule has 0 atom stereocenters. The molecule has 0 fully saturated rings. The molecule has 0 bridgehead atoms. The zero-order valence-corrected chi connectivity index (χ0v) is 17.1. The number of benzene rings is 4. The van der Waals surface area contributed by atoms with Crippen molar-refractivity contribution < 1.29 is 5.11 Å². The molecule has 1 N–H and O–H groups in total. The molecule has 2 aliphatic rings. The molecule has 0 heterocycles. The molecular formula is C29H24O. The van der Waals surface area contributed by atoms with Gasteiger partial charge in [-0.25, -0.2) is 0 Å². The number of rotatable bonds is 3. The second kappa shape index (κ2) is 6.17. The summed E-state index contributed by atoms with van der Waals surface area (Å²) in [7, 11) is 0. The van der Waals surface area contributed by atoms with Crippen LogP contribution in [0.15, 0.2) is 97.1 Å². The summed E-state index contributed by atoms with van der Waals surface area (Å²) in [5, 5.41) is 11.0. The average molecular weight is 389 g/mol. The molecule has 0 unspecified atom stereocenters. The van der Waals surface area contributed by atoms with E-state index in [-0.39, 0.29) is 12.0 Å². The lowest BCUT2D eigenvalue weighted by Gasteiger charge is -2.39. The molecule has 1 nitrogen and oxygen atoms in total. The molecule has 4 aromatic rings. The molecule has 0 saturated carbocycles. The number of aliphatic hydroxyl groups excluding tert-OH is 1. The summed E-state index contributed by atoms with van der Waals surface area (Å²) >= 11 is 0. The van der Waals surface area contributed by atoms with E-state index in [1.54, 1.807) is 0 Å². The predicted molar refractivity (Wildman–Crippen MR) is 123 cm³/mol. The van der Waals surface area contributed by atoms with Gasteiger partial charge in [-0.05, 0) is 50.9 Å². The Bertz CT molecular complexity index is 1190. The zero-order valence-electron chi connectivity index (χ0n) is 17.1. The van der Waals surface area contributed by atoms with Crippen molar-refractivity contribution in [3.05, 3.63) is 119 Å². The van der Waals surface area contributed by atoms with Crippen LogP contribution in [0.4, 0.5) is 0 Å². The molecule has 0 aromatic heterocycles. The Morgan fingerprint density at radius 3 is 1.27 bits per heavy atom. The number of hydrogen-bond donors (Lipinski definition) is 1. The van der Waals surface area contributed by atoms with Crippen LogP contribution < -0.4 is 0 Å². The lowest BCUT2D eigenvalue weighted by atomic mass is 9.64. The smallest absolute Gasteiger partial charge is 0.0569 e. The first-order valence-corrected chi connectivity index (χ1v) is 10.7. The quantitative estimate of drug-likeness (QED) is 0.435. The average Bonchev–Trinajstić information content (AvgIpc) is 3.23. The zero-order chi connectivity index (χ0) is 20.3. The van der Waals surface area contributed by atoms with Crippen molar-refractivity contribution in [2.45, 2.75) is 24.2 Å². The normalized spacial score (nSPS) is 16.5. The fourth-order valence-electron chi connectivity index (χ4n) is 6.17. The lowest BCUT2D eigenvalue weighted by molar-refractivity contribution is 0.197. The van der Waals surface area contributed by atoms with Crippen LogP contribution in [0.3, 0.4) is 0 Å². The molecule has 4 aromatic carbocycles. The Hall–Kier alpha value is -3.16. The number of fused-ring (bicyclic) bond motifs is 6. The van der Waals surface area contributed by atoms with Gasteiger partial charge >= 0.3 is 0 Å². The molecule has 0 aliphatic heterocycles. The van der Waals surface area contributed by atoms with Gasteiger partial charge in [-0.3, -0.25) is 0 Å². The van der Waals surface area contributed by atoms with E-state index in [4.69, 9.17) is 0 Å². The predicted octanol–water partition coefficient (Wildman–Crippen LogP) is 6.32. The lowest BCUT2D eigenvalue weighted by Crippen LogP contribution is -2.38. The molecule has 0 saturated heterocycles. The van der Waals surface area contributed by atoms with Gasteiger partial charge in [0.05, 0.1) is 6.61 Å². The van der Waals surface area contributed by atoms with Crippen molar-refractivity contribution in [3.63, 3.8) is 0 Å². The second-order valence-corrected chi connectivity index (χ2v) is 8.93. The van der Waals surface area contributed by atoms with Crippen molar-refractivity contribution in [3.8, 4) is 22.3 Å². The molecule has 0 radical (unpaired) electrons. The van der Waals surface area contributed by atoms with E-state index in [1.807, 2.05) is 0 Å². The van der Waals surface area contributed by atoms with Gasteiger partial charge in [0.1, 0.15) is 0 Å². The van der Waals surface area contributed by atoms with Crippen LogP contribution in [0.1, 0.15) is 35.6 Å². The van der Waals surface area contributed by atoms with Crippen molar-refractivity contribution in [2.75, 3.05) is 6.61 Å². The third kappa shape index (κ3) is 2.11. The van der Waals surface area contributed by atoms with Crippen molar-refractivity contribution in [2.24, 2.45) is 0 Å². The molecule has 6 rings (SSSR count). The summed E-state index contributed by atoms with van der Waals surface area (Å²) in [6, 6.07) is 34.8. The Morgan fingerprint density at radius 1 is 0.533 bits per heavy atom. The standard InChI is InChI=1S/C29H24O/c1-28(24-14-6-2-10-20(24)21-11-3-7-15-25(21)28)18-29(19-30)26-16-8-4-12-22(26)23-13-5-9-17-27(23)29/h2-17,30H,18-19H2,1H3. The molecule has 146 valence electrons. The summed E-state index contributed by atoms with van der Waals surface area (Å²) in [5.41, 5.74) is 9.77. The van der Waals surface area contributed by atoms with Crippen LogP contribution in [-0.2, 0) is 10.8 Å². The van der Waals surface area contributed by atoms with Gasteiger partial charge in [-0.2, -0.15) is 0 Å². The summed E-state index contributed by atoms with van der Waals surface area (Å²) in [4.78, 5) is 0. The highest BCUT2D eigenvalue weighted by Gasteiger charge is 2.50. The van der Waals surface area contributed by atoms with Gasteiger partial charge in [0.2, 0.25) is 0 Å². The maximum Gasteiger partial charge on any atom is 0.0569 e. The molecule has 0 spiro atoms. The largest absolute Gasteiger partial charge is 0.395 e. The SMILES string of the molecule is CC1(CC2(CO)c3ccccc3-c3ccccc32)c2ccccc2-c2ccccc21. The van der Waals surface area contributed by atoms with E-state index in [0.717, 1.165) is 6.42 Å². The van der Waals surface area contributed by atoms with Crippen LogP contribution in [0, 0.1) is 0 Å². The maximum atomic E-state index is 11.0. The van der Waals surface area contributed by atoms with Crippen LogP contribution in [0.2, 0.25) is 0 Å². The maximum absolute atomic E-state index is 11.0. The highest BCUT2D eigenvalue weighted by Crippen LogP contribution is 2.58. The van der Waals surface area contributed by atoms with E-state index in [2.05, 4.69) is 104 Å². The summed E-state index contributed by atoms with van der Waals surface area (Å²) < 4.78 is 0. The fraction of sp³-hybridized carbons (Fsp3) is 0.172. The molecule has 1 heteroatoms. The minimum Gasteiger partial charge on any atom is -0.395 e. The van der Waals surface area contributed by atoms with Crippen molar-refractivity contribution in [1.82, 2.24) is 0 Å². The van der Waals surface area contributed by atoms with E-state index in [0.29, 0.717) is 0 Å². The van der Waals surface area contributed by atoms with Crippen molar-refractivity contribution in [1.29, 1.82) is 0 Å². The van der Waals surface area contributed by atoms with Crippen LogP contribution in [0.25, 0.3) is 22.3 Å². The van der Waals surface area contributed by atoms with Crippen LogP contribution in [-0.4, -0.2) is 11.7 Å². The monoisotopic (exact) mass is 388 g/mol. The highest BCUT2D eigenvalue weighted by atomic mass is 16.3. The van der Waals surface area contributed by atoms with E-state index >= 15 is 0 Å². The van der Waals surface area contributed by atoms with Gasteiger partial charge in [-0.15, -0.1) is 0 Å². The third-order valence-electron chi connectivity index (χ3n) is 7.43.